The van der Waals surface area contributed by atoms with E-state index in [1.807, 2.05) is 17.8 Å². The maximum absolute atomic E-state index is 5.65. The van der Waals surface area contributed by atoms with Crippen LogP contribution in [0.5, 0.6) is 0 Å². The minimum atomic E-state index is 0.285. The van der Waals surface area contributed by atoms with Gasteiger partial charge in [-0.3, -0.25) is 0 Å². The van der Waals surface area contributed by atoms with Crippen LogP contribution in [0, 0.1) is 5.92 Å². The summed E-state index contributed by atoms with van der Waals surface area (Å²) in [5, 5.41) is 3.51. The van der Waals surface area contributed by atoms with Gasteiger partial charge < -0.3 is 5.32 Å². The number of hydrogen-bond acceptors (Lipinski definition) is 4. The summed E-state index contributed by atoms with van der Waals surface area (Å²) < 4.78 is 0. The molecule has 1 unspecified atom stereocenters. The molecule has 14 heavy (non-hydrogen) atoms. The van der Waals surface area contributed by atoms with Crippen molar-refractivity contribution in [2.75, 3.05) is 23.9 Å². The zero-order chi connectivity index (χ0) is 10.4. The summed E-state index contributed by atoms with van der Waals surface area (Å²) in [6.07, 6.45) is 3.76. The Morgan fingerprint density at radius 1 is 1.64 bits per heavy atom. The van der Waals surface area contributed by atoms with E-state index in [0.717, 1.165) is 18.1 Å². The Bertz CT molecular complexity index is 283. The van der Waals surface area contributed by atoms with E-state index in [4.69, 9.17) is 11.6 Å². The van der Waals surface area contributed by atoms with Gasteiger partial charge in [0.2, 0.25) is 5.28 Å². The number of nitrogens with one attached hydrogen (secondary N) is 1. The fourth-order valence-electron chi connectivity index (χ4n) is 1.06. The first-order valence-corrected chi connectivity index (χ1v) is 6.21. The molecule has 0 fully saturated rings. The van der Waals surface area contributed by atoms with Gasteiger partial charge in [-0.05, 0) is 35.6 Å². The van der Waals surface area contributed by atoms with Gasteiger partial charge in [-0.2, -0.15) is 11.8 Å². The molecule has 1 aromatic heterocycles. The monoisotopic (exact) mass is 231 g/mol. The van der Waals surface area contributed by atoms with Crippen LogP contribution in [-0.2, 0) is 0 Å². The molecule has 0 aliphatic heterocycles. The van der Waals surface area contributed by atoms with E-state index in [2.05, 4.69) is 28.5 Å². The number of nitrogens with zero attached hydrogens (tertiary/aromatic N) is 2. The average Bonchev–Trinajstić information content (AvgIpc) is 2.15. The van der Waals surface area contributed by atoms with E-state index < -0.39 is 0 Å². The molecule has 1 atom stereocenters. The molecule has 0 bridgehead atoms. The van der Waals surface area contributed by atoms with Gasteiger partial charge in [0.1, 0.15) is 5.82 Å². The van der Waals surface area contributed by atoms with Crippen molar-refractivity contribution < 1.29 is 0 Å². The third kappa shape index (κ3) is 4.15. The Hall–Kier alpha value is -0.480. The van der Waals surface area contributed by atoms with Crippen molar-refractivity contribution in [3.8, 4) is 0 Å². The Kier molecular flexibility index (Phi) is 5.04. The molecule has 0 amide bonds. The van der Waals surface area contributed by atoms with E-state index in [-0.39, 0.29) is 5.28 Å². The van der Waals surface area contributed by atoms with E-state index in [1.165, 1.54) is 0 Å². The second-order valence-electron chi connectivity index (χ2n) is 3.15. The second kappa shape index (κ2) is 6.09. The van der Waals surface area contributed by atoms with Crippen LogP contribution < -0.4 is 5.32 Å². The molecule has 0 aromatic carbocycles. The first-order valence-electron chi connectivity index (χ1n) is 4.43. The smallest absolute Gasteiger partial charge is 0.224 e. The minimum Gasteiger partial charge on any atom is -0.370 e. The van der Waals surface area contributed by atoms with E-state index >= 15 is 0 Å². The molecule has 1 aromatic rings. The quantitative estimate of drug-likeness (QED) is 0.791. The third-order valence-electron chi connectivity index (χ3n) is 1.71. The van der Waals surface area contributed by atoms with Crippen molar-refractivity contribution in [2.24, 2.45) is 5.92 Å². The molecule has 3 nitrogen and oxygen atoms in total. The number of anilines is 1. The van der Waals surface area contributed by atoms with Crippen LogP contribution in [0.1, 0.15) is 6.92 Å². The predicted octanol–water partition coefficient (Wildman–Crippen LogP) is 2.54. The van der Waals surface area contributed by atoms with Crippen LogP contribution in [0.2, 0.25) is 5.28 Å². The third-order valence-corrected chi connectivity index (χ3v) is 2.79. The molecule has 1 N–H and O–H groups in total. The zero-order valence-electron chi connectivity index (χ0n) is 8.33. The number of rotatable bonds is 5. The van der Waals surface area contributed by atoms with Crippen LogP contribution in [0.4, 0.5) is 5.82 Å². The largest absolute Gasteiger partial charge is 0.370 e. The summed E-state index contributed by atoms with van der Waals surface area (Å²) in [6, 6.07) is 1.82. The van der Waals surface area contributed by atoms with Gasteiger partial charge >= 0.3 is 0 Å². The second-order valence-corrected chi connectivity index (χ2v) is 4.40. The molecule has 5 heteroatoms. The zero-order valence-corrected chi connectivity index (χ0v) is 9.90. The first-order chi connectivity index (χ1) is 6.72. The van der Waals surface area contributed by atoms with Gasteiger partial charge in [0.25, 0.3) is 0 Å². The van der Waals surface area contributed by atoms with Crippen molar-refractivity contribution >= 4 is 29.2 Å². The molecule has 1 heterocycles. The van der Waals surface area contributed by atoms with E-state index in [9.17, 15) is 0 Å². The van der Waals surface area contributed by atoms with Crippen molar-refractivity contribution in [3.05, 3.63) is 17.5 Å². The maximum atomic E-state index is 5.65. The standard InChI is InChI=1S/C9H14ClN3S/c1-7(6-14-2)5-12-8-3-4-11-9(10)13-8/h3-4,7H,5-6H2,1-2H3,(H,11,12,13). The van der Waals surface area contributed by atoms with Crippen LogP contribution in [0.3, 0.4) is 0 Å². The summed E-state index contributed by atoms with van der Waals surface area (Å²) in [6.45, 7) is 3.11. The average molecular weight is 232 g/mol. The summed E-state index contributed by atoms with van der Waals surface area (Å²) in [7, 11) is 0. The molecule has 0 spiro atoms. The molecule has 1 rings (SSSR count). The Labute approximate surface area is 93.7 Å². The number of halogens is 1. The van der Waals surface area contributed by atoms with Crippen molar-refractivity contribution in [1.29, 1.82) is 0 Å². The summed E-state index contributed by atoms with van der Waals surface area (Å²) in [5.41, 5.74) is 0. The summed E-state index contributed by atoms with van der Waals surface area (Å²) in [5.74, 6) is 2.56. The predicted molar refractivity (Wildman–Crippen MR) is 63.1 cm³/mol. The lowest BCUT2D eigenvalue weighted by Crippen LogP contribution is -2.14. The van der Waals surface area contributed by atoms with E-state index in [0.29, 0.717) is 5.92 Å². The molecule has 0 aliphatic rings. The molecule has 0 saturated carbocycles. The van der Waals surface area contributed by atoms with Crippen molar-refractivity contribution in [2.45, 2.75) is 6.92 Å². The fourth-order valence-corrected chi connectivity index (χ4v) is 1.89. The number of aromatic nitrogens is 2. The molecular weight excluding hydrogens is 218 g/mol. The van der Waals surface area contributed by atoms with Crippen LogP contribution in [0.15, 0.2) is 12.3 Å². The van der Waals surface area contributed by atoms with Gasteiger partial charge in [0, 0.05) is 12.7 Å². The van der Waals surface area contributed by atoms with Gasteiger partial charge in [0.15, 0.2) is 0 Å². The van der Waals surface area contributed by atoms with Crippen LogP contribution in [-0.4, -0.2) is 28.5 Å². The highest BCUT2D eigenvalue weighted by Gasteiger charge is 2.01. The highest BCUT2D eigenvalue weighted by molar-refractivity contribution is 7.98. The van der Waals surface area contributed by atoms with Gasteiger partial charge in [-0.25, -0.2) is 9.97 Å². The van der Waals surface area contributed by atoms with Crippen LogP contribution >= 0.6 is 23.4 Å². The fraction of sp³-hybridized carbons (Fsp3) is 0.556. The normalized spacial score (nSPS) is 12.5. The molecule has 0 radical (unpaired) electrons. The molecule has 0 saturated heterocycles. The number of thioether (sulfide) groups is 1. The molecule has 0 aliphatic carbocycles. The van der Waals surface area contributed by atoms with E-state index in [1.54, 1.807) is 6.20 Å². The molecular formula is C9H14ClN3S. The Morgan fingerprint density at radius 3 is 3.07 bits per heavy atom. The van der Waals surface area contributed by atoms with Crippen molar-refractivity contribution in [3.63, 3.8) is 0 Å². The molecule has 78 valence electrons. The lowest BCUT2D eigenvalue weighted by molar-refractivity contribution is 0.699. The summed E-state index contributed by atoms with van der Waals surface area (Å²) >= 11 is 7.50. The van der Waals surface area contributed by atoms with Crippen LogP contribution in [0.25, 0.3) is 0 Å². The van der Waals surface area contributed by atoms with Gasteiger partial charge in [0.05, 0.1) is 0 Å². The van der Waals surface area contributed by atoms with Gasteiger partial charge in [-0.1, -0.05) is 6.92 Å². The minimum absolute atomic E-state index is 0.285. The number of hydrogen-bond donors (Lipinski definition) is 1. The lowest BCUT2D eigenvalue weighted by atomic mass is 10.2. The SMILES string of the molecule is CSCC(C)CNc1ccnc(Cl)n1. The summed E-state index contributed by atoms with van der Waals surface area (Å²) in [4.78, 5) is 7.86. The van der Waals surface area contributed by atoms with Crippen molar-refractivity contribution in [1.82, 2.24) is 9.97 Å². The maximum Gasteiger partial charge on any atom is 0.224 e. The lowest BCUT2D eigenvalue weighted by Gasteiger charge is -2.11. The highest BCUT2D eigenvalue weighted by Crippen LogP contribution is 2.08. The Morgan fingerprint density at radius 2 is 2.43 bits per heavy atom. The van der Waals surface area contributed by atoms with Gasteiger partial charge in [-0.15, -0.1) is 0 Å². The topological polar surface area (TPSA) is 37.8 Å². The first kappa shape index (κ1) is 11.6. The Balaban J connectivity index is 2.37. The highest BCUT2D eigenvalue weighted by atomic mass is 35.5.